The number of aliphatic hydroxyl groups excluding tert-OH is 1. The number of halogens is 2. The lowest BCUT2D eigenvalue weighted by Gasteiger charge is -2.20. The molecule has 2 unspecified atom stereocenters. The van der Waals surface area contributed by atoms with Gasteiger partial charge in [0.25, 0.3) is 0 Å². The van der Waals surface area contributed by atoms with Crippen molar-refractivity contribution in [2.45, 2.75) is 66.1 Å². The zero-order valence-electron chi connectivity index (χ0n) is 19.6. The molecule has 3 N–H and O–H groups in total. The summed E-state index contributed by atoms with van der Waals surface area (Å²) < 4.78 is 37.2. The van der Waals surface area contributed by atoms with Crippen molar-refractivity contribution in [2.75, 3.05) is 12.8 Å². The first-order valence-electron chi connectivity index (χ1n) is 10.6. The molecule has 0 aliphatic carbocycles. The summed E-state index contributed by atoms with van der Waals surface area (Å²) in [4.78, 5) is 12.2. The number of hydrogen-bond acceptors (Lipinski definition) is 5. The SMILES string of the molecule is CC1Cc2c(N)ccc(F)c2O1.COc1c(F)ccc(CC(=O)C(C)(C)C)c1CC(C)O. The minimum Gasteiger partial charge on any atom is -0.493 e. The number of anilines is 1. The lowest BCUT2D eigenvalue weighted by molar-refractivity contribution is -0.125. The Morgan fingerprint density at radius 1 is 1.25 bits per heavy atom. The van der Waals surface area contributed by atoms with E-state index in [0.717, 1.165) is 5.56 Å². The Hall–Kier alpha value is -2.67. The van der Waals surface area contributed by atoms with E-state index in [1.165, 1.54) is 19.2 Å². The molecule has 0 fully saturated rings. The summed E-state index contributed by atoms with van der Waals surface area (Å²) in [6.45, 7) is 9.08. The maximum absolute atomic E-state index is 13.8. The molecule has 2 atom stereocenters. The van der Waals surface area contributed by atoms with Crippen LogP contribution in [0.4, 0.5) is 14.5 Å². The molecule has 0 aromatic heterocycles. The van der Waals surface area contributed by atoms with E-state index in [9.17, 15) is 18.7 Å². The number of ether oxygens (including phenoxy) is 2. The molecule has 7 heteroatoms. The van der Waals surface area contributed by atoms with E-state index < -0.39 is 17.3 Å². The predicted octanol–water partition coefficient (Wildman–Crippen LogP) is 4.65. The summed E-state index contributed by atoms with van der Waals surface area (Å²) >= 11 is 0. The molecule has 176 valence electrons. The number of carbonyl (C=O) groups is 1. The first kappa shape index (κ1) is 25.6. The normalized spacial score (nSPS) is 15.8. The van der Waals surface area contributed by atoms with Crippen molar-refractivity contribution in [3.63, 3.8) is 0 Å². The maximum atomic E-state index is 13.8. The smallest absolute Gasteiger partial charge is 0.165 e. The minimum atomic E-state index is -0.630. The van der Waals surface area contributed by atoms with Crippen molar-refractivity contribution in [2.24, 2.45) is 5.41 Å². The molecule has 0 bridgehead atoms. The second-order valence-corrected chi connectivity index (χ2v) is 9.20. The fraction of sp³-hybridized carbons (Fsp3) is 0.480. The molecular formula is C25H33F2NO4. The van der Waals surface area contributed by atoms with E-state index in [2.05, 4.69) is 0 Å². The van der Waals surface area contributed by atoms with E-state index >= 15 is 0 Å². The Morgan fingerprint density at radius 2 is 1.88 bits per heavy atom. The Labute approximate surface area is 188 Å². The van der Waals surface area contributed by atoms with Crippen LogP contribution in [0, 0.1) is 17.0 Å². The van der Waals surface area contributed by atoms with Crippen LogP contribution >= 0.6 is 0 Å². The lowest BCUT2D eigenvalue weighted by Crippen LogP contribution is -2.23. The Morgan fingerprint density at radius 3 is 2.41 bits per heavy atom. The number of methoxy groups -OCH3 is 1. The van der Waals surface area contributed by atoms with E-state index in [4.69, 9.17) is 15.2 Å². The predicted molar refractivity (Wildman–Crippen MR) is 121 cm³/mol. The second kappa shape index (κ2) is 10.3. The summed E-state index contributed by atoms with van der Waals surface area (Å²) in [5, 5.41) is 9.57. The van der Waals surface area contributed by atoms with Crippen LogP contribution in [0.3, 0.4) is 0 Å². The molecular weight excluding hydrogens is 416 g/mol. The standard InChI is InChI=1S/C16H23FO3.C9H10FNO/c1-10(18)8-12-11(9-14(19)16(2,3)4)6-7-13(17)15(12)20-5;1-5-4-6-8(11)3-2-7(10)9(6)12-5/h6-7,10,18H,8-9H2,1-5H3;2-3,5H,4,11H2,1H3. The average Bonchev–Trinajstić information content (AvgIpc) is 3.09. The molecule has 0 saturated heterocycles. The van der Waals surface area contributed by atoms with Gasteiger partial charge in [-0.25, -0.2) is 8.78 Å². The highest BCUT2D eigenvalue weighted by Crippen LogP contribution is 2.35. The number of fused-ring (bicyclic) bond motifs is 1. The van der Waals surface area contributed by atoms with Gasteiger partial charge in [0.2, 0.25) is 0 Å². The third kappa shape index (κ3) is 6.19. The number of Topliss-reactive ketones (excluding diaryl/α,β-unsaturated/α-hetero) is 1. The molecule has 2 aromatic rings. The molecule has 2 aromatic carbocycles. The van der Waals surface area contributed by atoms with E-state index in [0.29, 0.717) is 29.0 Å². The van der Waals surface area contributed by atoms with Crippen LogP contribution in [0.25, 0.3) is 0 Å². The van der Waals surface area contributed by atoms with Crippen LogP contribution in [0.1, 0.15) is 51.3 Å². The summed E-state index contributed by atoms with van der Waals surface area (Å²) in [6.07, 6.45) is 0.586. The number of hydrogen-bond donors (Lipinski definition) is 2. The van der Waals surface area contributed by atoms with E-state index in [-0.39, 0.29) is 36.3 Å². The van der Waals surface area contributed by atoms with Gasteiger partial charge in [-0.05, 0) is 37.6 Å². The Balaban J connectivity index is 0.000000255. The van der Waals surface area contributed by atoms with Crippen molar-refractivity contribution < 1.29 is 28.2 Å². The summed E-state index contributed by atoms with van der Waals surface area (Å²) in [7, 11) is 1.39. The largest absolute Gasteiger partial charge is 0.493 e. The quantitative estimate of drug-likeness (QED) is 0.650. The van der Waals surface area contributed by atoms with Gasteiger partial charge in [-0.1, -0.05) is 26.8 Å². The molecule has 1 aliphatic rings. The molecule has 1 aliphatic heterocycles. The molecule has 3 rings (SSSR count). The third-order valence-corrected chi connectivity index (χ3v) is 5.26. The second-order valence-electron chi connectivity index (χ2n) is 9.20. The fourth-order valence-corrected chi connectivity index (χ4v) is 3.47. The molecule has 5 nitrogen and oxygen atoms in total. The van der Waals surface area contributed by atoms with Gasteiger partial charge in [0, 0.05) is 41.5 Å². The third-order valence-electron chi connectivity index (χ3n) is 5.26. The highest BCUT2D eigenvalue weighted by Gasteiger charge is 2.25. The van der Waals surface area contributed by atoms with E-state index in [1.807, 2.05) is 27.7 Å². The minimum absolute atomic E-state index is 0.0409. The number of rotatable bonds is 5. The van der Waals surface area contributed by atoms with Gasteiger partial charge < -0.3 is 20.3 Å². The van der Waals surface area contributed by atoms with Crippen LogP contribution in [0.2, 0.25) is 0 Å². The summed E-state index contributed by atoms with van der Waals surface area (Å²) in [6, 6.07) is 5.82. The number of nitrogens with two attached hydrogens (primary N) is 1. The summed E-state index contributed by atoms with van der Waals surface area (Å²) in [5.74, 6) is -0.274. The van der Waals surface area contributed by atoms with Gasteiger partial charge in [-0.15, -0.1) is 0 Å². The number of aliphatic hydroxyl groups is 1. The van der Waals surface area contributed by atoms with Crippen LogP contribution in [-0.4, -0.2) is 30.2 Å². The topological polar surface area (TPSA) is 81.8 Å². The Kier molecular flexibility index (Phi) is 8.24. The van der Waals surface area contributed by atoms with Crippen molar-refractivity contribution in [3.05, 3.63) is 52.6 Å². The van der Waals surface area contributed by atoms with Gasteiger partial charge in [-0.2, -0.15) is 0 Å². The van der Waals surface area contributed by atoms with Crippen molar-refractivity contribution in [3.8, 4) is 11.5 Å². The van der Waals surface area contributed by atoms with Gasteiger partial charge in [-0.3, -0.25) is 4.79 Å². The van der Waals surface area contributed by atoms with Crippen molar-refractivity contribution >= 4 is 11.5 Å². The van der Waals surface area contributed by atoms with Crippen LogP contribution in [-0.2, 0) is 24.1 Å². The fourth-order valence-electron chi connectivity index (χ4n) is 3.47. The van der Waals surface area contributed by atoms with Gasteiger partial charge in [0.15, 0.2) is 23.1 Å². The zero-order valence-corrected chi connectivity index (χ0v) is 19.6. The first-order valence-corrected chi connectivity index (χ1v) is 10.6. The number of carbonyl (C=O) groups excluding carboxylic acids is 1. The molecule has 0 amide bonds. The van der Waals surface area contributed by atoms with Crippen molar-refractivity contribution in [1.82, 2.24) is 0 Å². The number of nitrogen functional groups attached to an aromatic ring is 1. The lowest BCUT2D eigenvalue weighted by atomic mass is 9.85. The molecule has 0 spiro atoms. The zero-order chi connectivity index (χ0) is 24.2. The van der Waals surface area contributed by atoms with Crippen LogP contribution in [0.5, 0.6) is 11.5 Å². The molecule has 0 radical (unpaired) electrons. The molecule has 32 heavy (non-hydrogen) atoms. The van der Waals surface area contributed by atoms with Gasteiger partial charge in [0.1, 0.15) is 11.9 Å². The van der Waals surface area contributed by atoms with E-state index in [1.54, 1.807) is 19.1 Å². The number of benzene rings is 2. The van der Waals surface area contributed by atoms with Crippen LogP contribution in [0.15, 0.2) is 24.3 Å². The maximum Gasteiger partial charge on any atom is 0.165 e. The summed E-state index contributed by atoms with van der Waals surface area (Å²) in [5.41, 5.74) is 7.91. The van der Waals surface area contributed by atoms with Crippen LogP contribution < -0.4 is 15.2 Å². The Bertz CT molecular complexity index is 936. The van der Waals surface area contributed by atoms with Gasteiger partial charge >= 0.3 is 0 Å². The number of ketones is 1. The highest BCUT2D eigenvalue weighted by atomic mass is 19.1. The van der Waals surface area contributed by atoms with Crippen molar-refractivity contribution in [1.29, 1.82) is 0 Å². The average molecular weight is 450 g/mol. The van der Waals surface area contributed by atoms with Gasteiger partial charge in [0.05, 0.1) is 13.2 Å². The monoisotopic (exact) mass is 449 g/mol. The highest BCUT2D eigenvalue weighted by molar-refractivity contribution is 5.86. The molecule has 0 saturated carbocycles. The molecule has 1 heterocycles. The first-order chi connectivity index (χ1) is 14.8.